The van der Waals surface area contributed by atoms with E-state index < -0.39 is 6.43 Å². The van der Waals surface area contributed by atoms with Crippen molar-refractivity contribution in [3.8, 4) is 11.5 Å². The maximum Gasteiger partial charge on any atom is 0.280 e. The zero-order valence-electron chi connectivity index (χ0n) is 21.1. The fraction of sp³-hybridized carbons (Fsp3) is 0.276. The lowest BCUT2D eigenvalue weighted by Crippen LogP contribution is -2.41. The summed E-state index contributed by atoms with van der Waals surface area (Å²) < 4.78 is 38.3. The van der Waals surface area contributed by atoms with Gasteiger partial charge in [0.1, 0.15) is 34.8 Å². The Morgan fingerprint density at radius 1 is 1.13 bits per heavy atom. The van der Waals surface area contributed by atoms with Crippen molar-refractivity contribution in [2.75, 3.05) is 36.5 Å². The smallest absolute Gasteiger partial charge is 0.280 e. The van der Waals surface area contributed by atoms with E-state index in [0.29, 0.717) is 50.6 Å². The van der Waals surface area contributed by atoms with Crippen molar-refractivity contribution in [3.63, 3.8) is 0 Å². The zero-order chi connectivity index (χ0) is 26.8. The minimum absolute atomic E-state index is 0.114. The van der Waals surface area contributed by atoms with Gasteiger partial charge < -0.3 is 24.7 Å². The molecule has 0 bridgehead atoms. The second-order valence-electron chi connectivity index (χ2n) is 9.50. The maximum absolute atomic E-state index is 12.9. The summed E-state index contributed by atoms with van der Waals surface area (Å²) in [5, 5.41) is 3.33. The Kier molecular flexibility index (Phi) is 6.93. The topological polar surface area (TPSA) is 92.4 Å². The van der Waals surface area contributed by atoms with Gasteiger partial charge in [0.2, 0.25) is 0 Å². The van der Waals surface area contributed by atoms with Crippen LogP contribution in [0.4, 0.5) is 20.2 Å². The van der Waals surface area contributed by atoms with E-state index in [0.717, 1.165) is 33.9 Å². The predicted molar refractivity (Wildman–Crippen MR) is 143 cm³/mol. The van der Waals surface area contributed by atoms with Gasteiger partial charge in [-0.3, -0.25) is 4.79 Å². The lowest BCUT2D eigenvalue weighted by atomic mass is 9.95. The number of benzene rings is 2. The first-order valence-corrected chi connectivity index (χ1v) is 12.9. The standard InChI is InChI=1S/C29H27F2N5O3/c30-28(31)22-8-11-33-26(35-22)9-12-32-20-6-7-24-19(16-20)15-18-3-1-4-21(27(18)39-24)25-17-36(13-14-38-25)23-5-2-10-34-29(23)37/h1-8,10-11,16,25,28,32H,9,12-15,17H2,(H,34,37). The Labute approximate surface area is 223 Å². The first kappa shape index (κ1) is 25.0. The summed E-state index contributed by atoms with van der Waals surface area (Å²) in [6, 6.07) is 16.9. The molecule has 0 aliphatic carbocycles. The molecule has 2 aromatic carbocycles. The molecule has 4 heterocycles. The Morgan fingerprint density at radius 3 is 2.92 bits per heavy atom. The number of pyridine rings is 1. The van der Waals surface area contributed by atoms with Gasteiger partial charge in [-0.25, -0.2) is 18.7 Å². The SMILES string of the molecule is O=c1[nH]cccc1N1CCOC(c2cccc3c2Oc2ccc(NCCc4nccc(C(F)F)n4)cc2C3)C1. The van der Waals surface area contributed by atoms with Crippen LogP contribution in [0, 0.1) is 0 Å². The number of halogens is 2. The van der Waals surface area contributed by atoms with Crippen molar-refractivity contribution in [3.05, 3.63) is 106 Å². The minimum atomic E-state index is -2.61. The van der Waals surface area contributed by atoms with Crippen LogP contribution in [0.25, 0.3) is 0 Å². The van der Waals surface area contributed by atoms with Gasteiger partial charge in [0.15, 0.2) is 0 Å². The number of H-pyrrole nitrogens is 1. The highest BCUT2D eigenvalue weighted by molar-refractivity contribution is 5.59. The molecule has 8 nitrogen and oxygen atoms in total. The van der Waals surface area contributed by atoms with Crippen LogP contribution in [-0.4, -0.2) is 41.2 Å². The number of hydrogen-bond donors (Lipinski definition) is 2. The van der Waals surface area contributed by atoms with Crippen LogP contribution in [0.2, 0.25) is 0 Å². The van der Waals surface area contributed by atoms with Gasteiger partial charge in [0.25, 0.3) is 12.0 Å². The second-order valence-corrected chi connectivity index (χ2v) is 9.50. The van der Waals surface area contributed by atoms with E-state index >= 15 is 0 Å². The van der Waals surface area contributed by atoms with Gasteiger partial charge in [-0.2, -0.15) is 0 Å². The molecular formula is C29H27F2N5O3. The highest BCUT2D eigenvalue weighted by atomic mass is 19.3. The van der Waals surface area contributed by atoms with Gasteiger partial charge in [0, 0.05) is 61.7 Å². The molecule has 10 heteroatoms. The average Bonchev–Trinajstić information content (AvgIpc) is 2.96. The number of nitrogens with zero attached hydrogens (tertiary/aromatic N) is 3. The van der Waals surface area contributed by atoms with E-state index in [9.17, 15) is 13.6 Å². The molecule has 0 radical (unpaired) electrons. The van der Waals surface area contributed by atoms with Crippen molar-refractivity contribution in [2.45, 2.75) is 25.4 Å². The molecule has 0 spiro atoms. The first-order chi connectivity index (χ1) is 19.0. The zero-order valence-corrected chi connectivity index (χ0v) is 21.1. The molecule has 0 amide bonds. The monoisotopic (exact) mass is 531 g/mol. The van der Waals surface area contributed by atoms with E-state index in [4.69, 9.17) is 9.47 Å². The van der Waals surface area contributed by atoms with Crippen LogP contribution >= 0.6 is 0 Å². The Balaban J connectivity index is 1.15. The lowest BCUT2D eigenvalue weighted by Gasteiger charge is -2.35. The summed E-state index contributed by atoms with van der Waals surface area (Å²) in [5.41, 5.74) is 4.23. The average molecular weight is 532 g/mol. The molecule has 39 heavy (non-hydrogen) atoms. The number of ether oxygens (including phenoxy) is 2. The van der Waals surface area contributed by atoms with Gasteiger partial charge in [-0.1, -0.05) is 18.2 Å². The number of alkyl halides is 2. The first-order valence-electron chi connectivity index (χ1n) is 12.9. The maximum atomic E-state index is 12.9. The molecule has 1 unspecified atom stereocenters. The number of morpholine rings is 1. The number of rotatable bonds is 7. The fourth-order valence-electron chi connectivity index (χ4n) is 5.06. The number of fused-ring (bicyclic) bond motifs is 2. The lowest BCUT2D eigenvalue weighted by molar-refractivity contribution is 0.0383. The van der Waals surface area contributed by atoms with Gasteiger partial charge in [0.05, 0.1) is 6.61 Å². The molecule has 6 rings (SSSR count). The van der Waals surface area contributed by atoms with Gasteiger partial charge in [-0.15, -0.1) is 0 Å². The largest absolute Gasteiger partial charge is 0.456 e. The van der Waals surface area contributed by atoms with Crippen molar-refractivity contribution in [2.24, 2.45) is 0 Å². The summed E-state index contributed by atoms with van der Waals surface area (Å²) >= 11 is 0. The molecule has 1 saturated heterocycles. The molecule has 2 aromatic heterocycles. The summed E-state index contributed by atoms with van der Waals surface area (Å²) in [6.45, 7) is 2.20. The normalized spacial score (nSPS) is 16.4. The third-order valence-electron chi connectivity index (χ3n) is 6.96. The quantitative estimate of drug-likeness (QED) is 0.304. The van der Waals surface area contributed by atoms with Crippen molar-refractivity contribution in [1.82, 2.24) is 15.0 Å². The second kappa shape index (κ2) is 10.8. The number of nitrogens with one attached hydrogen (secondary N) is 2. The number of anilines is 2. The molecule has 2 aliphatic rings. The molecule has 0 saturated carbocycles. The summed E-state index contributed by atoms with van der Waals surface area (Å²) in [7, 11) is 0. The molecular weight excluding hydrogens is 504 g/mol. The predicted octanol–water partition coefficient (Wildman–Crippen LogP) is 5.03. The van der Waals surface area contributed by atoms with E-state index in [-0.39, 0.29) is 17.4 Å². The fourth-order valence-corrected chi connectivity index (χ4v) is 5.06. The van der Waals surface area contributed by atoms with Crippen LogP contribution < -0.4 is 20.5 Å². The van der Waals surface area contributed by atoms with Crippen LogP contribution in [0.3, 0.4) is 0 Å². The van der Waals surface area contributed by atoms with E-state index in [1.165, 1.54) is 12.3 Å². The van der Waals surface area contributed by atoms with Crippen molar-refractivity contribution < 1.29 is 18.3 Å². The number of para-hydroxylation sites is 1. The molecule has 200 valence electrons. The van der Waals surface area contributed by atoms with Crippen LogP contribution in [-0.2, 0) is 17.6 Å². The highest BCUT2D eigenvalue weighted by Crippen LogP contribution is 2.43. The number of aromatic amines is 1. The van der Waals surface area contributed by atoms with Gasteiger partial charge in [-0.05, 0) is 42.0 Å². The number of aromatic nitrogens is 3. The van der Waals surface area contributed by atoms with Gasteiger partial charge >= 0.3 is 0 Å². The number of hydrogen-bond acceptors (Lipinski definition) is 7. The molecule has 1 fully saturated rings. The Morgan fingerprint density at radius 2 is 2.05 bits per heavy atom. The van der Waals surface area contributed by atoms with Crippen molar-refractivity contribution >= 4 is 11.4 Å². The Hall–Kier alpha value is -4.31. The van der Waals surface area contributed by atoms with Crippen molar-refractivity contribution in [1.29, 1.82) is 0 Å². The molecule has 2 aliphatic heterocycles. The summed E-state index contributed by atoms with van der Waals surface area (Å²) in [4.78, 5) is 25.1. The van der Waals surface area contributed by atoms with Crippen LogP contribution in [0.5, 0.6) is 11.5 Å². The van der Waals surface area contributed by atoms with Crippen LogP contribution in [0.15, 0.2) is 71.8 Å². The molecule has 4 aromatic rings. The minimum Gasteiger partial charge on any atom is -0.456 e. The molecule has 1 atom stereocenters. The third-order valence-corrected chi connectivity index (χ3v) is 6.96. The third kappa shape index (κ3) is 5.33. The Bertz CT molecular complexity index is 1540. The van der Waals surface area contributed by atoms with E-state index in [1.54, 1.807) is 6.20 Å². The van der Waals surface area contributed by atoms with Crippen LogP contribution in [0.1, 0.15) is 40.7 Å². The summed E-state index contributed by atoms with van der Waals surface area (Å²) in [5.74, 6) is 1.96. The van der Waals surface area contributed by atoms with E-state index in [2.05, 4.69) is 31.2 Å². The van der Waals surface area contributed by atoms with E-state index in [1.807, 2.05) is 42.5 Å². The molecule has 2 N–H and O–H groups in total. The summed E-state index contributed by atoms with van der Waals surface area (Å²) in [6.07, 6.45) is 1.27. The highest BCUT2D eigenvalue weighted by Gasteiger charge is 2.29.